The van der Waals surface area contributed by atoms with Gasteiger partial charge in [-0.15, -0.1) is 0 Å². The predicted octanol–water partition coefficient (Wildman–Crippen LogP) is 1.48. The fourth-order valence-electron chi connectivity index (χ4n) is 3.38. The minimum Gasteiger partial charge on any atom is -0.466 e. The van der Waals surface area contributed by atoms with Crippen LogP contribution >= 0.6 is 0 Å². The summed E-state index contributed by atoms with van der Waals surface area (Å²) in [6.07, 6.45) is -12.3. The maximum atomic E-state index is 13.6. The fraction of sp³-hybridized carbons (Fsp3) is 0.867. The van der Waals surface area contributed by atoms with Crippen LogP contribution in [0.25, 0.3) is 0 Å². The molecule has 0 radical (unpaired) electrons. The Balaban J connectivity index is 3.77. The molecule has 0 spiro atoms. The van der Waals surface area contributed by atoms with Crippen molar-refractivity contribution in [2.24, 2.45) is 17.8 Å². The Hall–Kier alpha value is -1.60. The van der Waals surface area contributed by atoms with Gasteiger partial charge in [0.25, 0.3) is 0 Å². The summed E-state index contributed by atoms with van der Waals surface area (Å²) in [6.45, 7) is 2.69. The van der Waals surface area contributed by atoms with Crippen LogP contribution in [-0.2, 0) is 19.1 Å². The topological polar surface area (TPSA) is 105 Å². The van der Waals surface area contributed by atoms with Crippen molar-refractivity contribution in [2.75, 3.05) is 13.2 Å². The number of nitrogens with one attached hydrogen (secondary N) is 1. The number of piperidine rings is 1. The average Bonchev–Trinajstić information content (AvgIpc) is 2.52. The Morgan fingerprint density at radius 3 is 1.39 bits per heavy atom. The summed E-state index contributed by atoms with van der Waals surface area (Å²) in [6, 6.07) is 0. The van der Waals surface area contributed by atoms with Crippen molar-refractivity contribution < 1.29 is 55.6 Å². The molecule has 0 aromatic heterocycles. The first-order valence-corrected chi connectivity index (χ1v) is 8.33. The minimum atomic E-state index is -5.84. The first kappa shape index (κ1) is 24.4. The molecule has 7 nitrogen and oxygen atoms in total. The molecule has 3 N–H and O–H groups in total. The van der Waals surface area contributed by atoms with Crippen LogP contribution in [0.15, 0.2) is 0 Å². The van der Waals surface area contributed by atoms with Crippen LogP contribution < -0.4 is 5.32 Å². The second kappa shape index (κ2) is 8.03. The van der Waals surface area contributed by atoms with Crippen molar-refractivity contribution in [3.8, 4) is 0 Å². The molecule has 0 aromatic carbocycles. The number of ether oxygens (including phenoxy) is 2. The fourth-order valence-corrected chi connectivity index (χ4v) is 3.38. The summed E-state index contributed by atoms with van der Waals surface area (Å²) in [5.74, 6) is -10.8. The van der Waals surface area contributed by atoms with E-state index in [1.807, 2.05) is 0 Å². The Labute approximate surface area is 156 Å². The number of carbonyl (C=O) groups excluding carboxylic acids is 2. The maximum absolute atomic E-state index is 13.6. The van der Waals surface area contributed by atoms with Gasteiger partial charge in [0.2, 0.25) is 11.4 Å². The highest BCUT2D eigenvalue weighted by Gasteiger charge is 2.77. The third-order valence-electron chi connectivity index (χ3n) is 4.55. The number of esters is 2. The van der Waals surface area contributed by atoms with Crippen molar-refractivity contribution in [2.45, 2.75) is 51.0 Å². The minimum absolute atomic E-state index is 0.437. The number of rotatable bonds is 5. The Morgan fingerprint density at radius 2 is 1.18 bits per heavy atom. The SMILES string of the molecule is CCOC(=O)C1C(CC)C(C(=O)OCC)C(O)(C(F)(F)F)NC1(O)C(F)(F)F. The highest BCUT2D eigenvalue weighted by atomic mass is 19.4. The van der Waals surface area contributed by atoms with Gasteiger partial charge in [0, 0.05) is 0 Å². The van der Waals surface area contributed by atoms with Crippen LogP contribution in [0.5, 0.6) is 0 Å². The Morgan fingerprint density at radius 1 is 0.857 bits per heavy atom. The molecule has 0 bridgehead atoms. The Kier molecular flexibility index (Phi) is 7.01. The van der Waals surface area contributed by atoms with Crippen molar-refractivity contribution in [1.29, 1.82) is 0 Å². The molecule has 13 heteroatoms. The van der Waals surface area contributed by atoms with Gasteiger partial charge in [0.15, 0.2) is 0 Å². The second-order valence-corrected chi connectivity index (χ2v) is 6.18. The molecule has 28 heavy (non-hydrogen) atoms. The molecule has 0 aromatic rings. The Bertz CT molecular complexity index is 549. The maximum Gasteiger partial charge on any atom is 0.431 e. The van der Waals surface area contributed by atoms with E-state index in [9.17, 15) is 46.1 Å². The molecular formula is C15H21F6NO6. The predicted molar refractivity (Wildman–Crippen MR) is 79.2 cm³/mol. The van der Waals surface area contributed by atoms with E-state index in [4.69, 9.17) is 0 Å². The largest absolute Gasteiger partial charge is 0.466 e. The molecule has 1 saturated heterocycles. The summed E-state index contributed by atoms with van der Waals surface area (Å²) in [4.78, 5) is 24.4. The zero-order valence-electron chi connectivity index (χ0n) is 15.1. The summed E-state index contributed by atoms with van der Waals surface area (Å²) < 4.78 is 90.5. The molecule has 1 fully saturated rings. The van der Waals surface area contributed by atoms with Gasteiger partial charge in [-0.2, -0.15) is 26.3 Å². The van der Waals surface area contributed by atoms with E-state index in [2.05, 4.69) is 9.47 Å². The summed E-state index contributed by atoms with van der Waals surface area (Å²) in [5, 5.41) is 21.0. The molecule has 4 unspecified atom stereocenters. The molecule has 0 amide bonds. The van der Waals surface area contributed by atoms with E-state index in [0.29, 0.717) is 5.32 Å². The summed E-state index contributed by atoms with van der Waals surface area (Å²) >= 11 is 0. The standard InChI is InChI=1S/C15H21F6NO6/c1-4-7-8(10(23)27-5-2)12(25,14(16,17)18)22-13(26,15(19,20)21)9(7)11(24)28-6-3/h7-9,22,25-26H,4-6H2,1-3H3. The number of alkyl halides is 6. The zero-order chi connectivity index (χ0) is 22.1. The number of hydrogen-bond acceptors (Lipinski definition) is 7. The average molecular weight is 425 g/mol. The lowest BCUT2D eigenvalue weighted by atomic mass is 9.65. The van der Waals surface area contributed by atoms with Gasteiger partial charge in [-0.3, -0.25) is 9.59 Å². The van der Waals surface area contributed by atoms with Crippen molar-refractivity contribution in [3.05, 3.63) is 0 Å². The molecule has 1 rings (SSSR count). The van der Waals surface area contributed by atoms with Gasteiger partial charge < -0.3 is 19.7 Å². The molecule has 1 heterocycles. The number of hydrogen-bond donors (Lipinski definition) is 3. The highest BCUT2D eigenvalue weighted by molar-refractivity contribution is 5.79. The second-order valence-electron chi connectivity index (χ2n) is 6.18. The van der Waals surface area contributed by atoms with E-state index in [-0.39, 0.29) is 0 Å². The molecular weight excluding hydrogens is 404 g/mol. The van der Waals surface area contributed by atoms with Crippen molar-refractivity contribution in [1.82, 2.24) is 5.32 Å². The van der Waals surface area contributed by atoms with E-state index in [1.54, 1.807) is 0 Å². The smallest absolute Gasteiger partial charge is 0.431 e. The molecule has 0 saturated carbocycles. The van der Waals surface area contributed by atoms with E-state index >= 15 is 0 Å². The number of aliphatic hydroxyl groups is 2. The highest BCUT2D eigenvalue weighted by Crippen LogP contribution is 2.53. The van der Waals surface area contributed by atoms with Crippen molar-refractivity contribution >= 4 is 11.9 Å². The zero-order valence-corrected chi connectivity index (χ0v) is 15.1. The summed E-state index contributed by atoms with van der Waals surface area (Å²) in [5.41, 5.74) is -9.04. The van der Waals surface area contributed by atoms with E-state index in [0.717, 1.165) is 6.92 Å². The monoisotopic (exact) mass is 425 g/mol. The summed E-state index contributed by atoms with van der Waals surface area (Å²) in [7, 11) is 0. The molecule has 1 aliphatic rings. The van der Waals surface area contributed by atoms with Gasteiger partial charge in [-0.1, -0.05) is 13.3 Å². The van der Waals surface area contributed by atoms with E-state index in [1.165, 1.54) is 13.8 Å². The quantitative estimate of drug-likeness (QED) is 0.453. The van der Waals surface area contributed by atoms with Gasteiger partial charge in [0.05, 0.1) is 13.2 Å². The molecule has 0 aliphatic carbocycles. The molecule has 164 valence electrons. The number of halogens is 6. The molecule has 1 aliphatic heterocycles. The first-order chi connectivity index (χ1) is 12.6. The molecule has 4 atom stereocenters. The van der Waals surface area contributed by atoms with Crippen LogP contribution in [0.1, 0.15) is 27.2 Å². The van der Waals surface area contributed by atoms with Crippen LogP contribution in [0.3, 0.4) is 0 Å². The van der Waals surface area contributed by atoms with Gasteiger partial charge in [-0.05, 0) is 19.8 Å². The third-order valence-corrected chi connectivity index (χ3v) is 4.55. The third kappa shape index (κ3) is 3.92. The van der Waals surface area contributed by atoms with Gasteiger partial charge in [-0.25, -0.2) is 5.32 Å². The van der Waals surface area contributed by atoms with E-state index < -0.39 is 73.1 Å². The van der Waals surface area contributed by atoms with Gasteiger partial charge >= 0.3 is 24.3 Å². The van der Waals surface area contributed by atoms with Crippen molar-refractivity contribution in [3.63, 3.8) is 0 Å². The number of carbonyl (C=O) groups is 2. The van der Waals surface area contributed by atoms with Crippen LogP contribution in [-0.4, -0.2) is 59.2 Å². The van der Waals surface area contributed by atoms with Gasteiger partial charge in [0.1, 0.15) is 11.8 Å². The lowest BCUT2D eigenvalue weighted by molar-refractivity contribution is -0.382. The van der Waals surface area contributed by atoms with Crippen LogP contribution in [0.2, 0.25) is 0 Å². The normalized spacial score (nSPS) is 34.0. The van der Waals surface area contributed by atoms with Crippen LogP contribution in [0, 0.1) is 17.8 Å². The van der Waals surface area contributed by atoms with Crippen LogP contribution in [0.4, 0.5) is 26.3 Å². The lowest BCUT2D eigenvalue weighted by Gasteiger charge is -2.54. The lowest BCUT2D eigenvalue weighted by Crippen LogP contribution is -2.82. The first-order valence-electron chi connectivity index (χ1n) is 8.33.